The largest absolute Gasteiger partial charge is 0.493 e. The van der Waals surface area contributed by atoms with Gasteiger partial charge in [-0.2, -0.15) is 0 Å². The van der Waals surface area contributed by atoms with Crippen LogP contribution in [0.1, 0.15) is 31.2 Å². The summed E-state index contributed by atoms with van der Waals surface area (Å²) in [6, 6.07) is 4.71. The second-order valence-corrected chi connectivity index (χ2v) is 4.37. The van der Waals surface area contributed by atoms with Gasteiger partial charge >= 0.3 is 0 Å². The quantitative estimate of drug-likeness (QED) is 0.736. The van der Waals surface area contributed by atoms with E-state index in [1.54, 1.807) is 6.07 Å². The van der Waals surface area contributed by atoms with Crippen LogP contribution in [-0.2, 0) is 0 Å². The van der Waals surface area contributed by atoms with Crippen LogP contribution >= 0.6 is 0 Å². The third kappa shape index (κ3) is 2.71. The van der Waals surface area contributed by atoms with E-state index in [4.69, 9.17) is 4.74 Å². The summed E-state index contributed by atoms with van der Waals surface area (Å²) in [5.74, 6) is 1.15. The van der Waals surface area contributed by atoms with E-state index in [1.165, 1.54) is 37.8 Å². The first kappa shape index (κ1) is 10.5. The highest BCUT2D eigenvalue weighted by atomic mass is 19.1. The first-order valence-corrected chi connectivity index (χ1v) is 5.64. The van der Waals surface area contributed by atoms with Crippen LogP contribution in [-0.4, -0.2) is 6.61 Å². The predicted molar refractivity (Wildman–Crippen MR) is 58.6 cm³/mol. The average Bonchev–Trinajstić information content (AvgIpc) is 2.72. The third-order valence-corrected chi connectivity index (χ3v) is 3.10. The fourth-order valence-corrected chi connectivity index (χ4v) is 2.11. The van der Waals surface area contributed by atoms with Gasteiger partial charge in [0.2, 0.25) is 0 Å². The number of rotatable bonds is 3. The molecule has 1 aliphatic rings. The average molecular weight is 208 g/mol. The molecule has 1 fully saturated rings. The van der Waals surface area contributed by atoms with Gasteiger partial charge in [0.1, 0.15) is 11.6 Å². The molecule has 15 heavy (non-hydrogen) atoms. The molecule has 0 atom stereocenters. The van der Waals surface area contributed by atoms with Crippen LogP contribution < -0.4 is 4.74 Å². The number of aryl methyl sites for hydroxylation is 1. The van der Waals surface area contributed by atoms with Crippen LogP contribution in [0, 0.1) is 18.7 Å². The van der Waals surface area contributed by atoms with E-state index in [0.29, 0.717) is 11.7 Å². The van der Waals surface area contributed by atoms with Crippen molar-refractivity contribution in [2.24, 2.45) is 5.92 Å². The minimum atomic E-state index is -0.220. The molecule has 0 amide bonds. The van der Waals surface area contributed by atoms with Crippen LogP contribution in [0.2, 0.25) is 0 Å². The molecule has 1 nitrogen and oxygen atoms in total. The van der Waals surface area contributed by atoms with Gasteiger partial charge in [-0.05, 0) is 37.3 Å². The summed E-state index contributed by atoms with van der Waals surface area (Å²) >= 11 is 0. The van der Waals surface area contributed by atoms with Gasteiger partial charge in [-0.25, -0.2) is 4.39 Å². The molecule has 2 rings (SSSR count). The predicted octanol–water partition coefficient (Wildman–Crippen LogP) is 3.70. The molecule has 0 spiro atoms. The SMILES string of the molecule is Cc1ccc(F)cc1OCC1CCCC1. The van der Waals surface area contributed by atoms with Crippen molar-refractivity contribution in [3.63, 3.8) is 0 Å². The Balaban J connectivity index is 1.94. The van der Waals surface area contributed by atoms with Crippen LogP contribution in [0.3, 0.4) is 0 Å². The van der Waals surface area contributed by atoms with Gasteiger partial charge in [-0.1, -0.05) is 18.9 Å². The lowest BCUT2D eigenvalue weighted by Gasteiger charge is -2.13. The fraction of sp³-hybridized carbons (Fsp3) is 0.538. The van der Waals surface area contributed by atoms with Gasteiger partial charge < -0.3 is 4.74 Å². The monoisotopic (exact) mass is 208 g/mol. The Bertz CT molecular complexity index is 329. The Hall–Kier alpha value is -1.05. The van der Waals surface area contributed by atoms with Gasteiger partial charge in [0.15, 0.2) is 0 Å². The zero-order valence-electron chi connectivity index (χ0n) is 9.13. The van der Waals surface area contributed by atoms with E-state index in [1.807, 2.05) is 6.92 Å². The summed E-state index contributed by atoms with van der Waals surface area (Å²) in [5, 5.41) is 0. The van der Waals surface area contributed by atoms with Crippen molar-refractivity contribution in [3.8, 4) is 5.75 Å². The Morgan fingerprint density at radius 3 is 2.80 bits per heavy atom. The van der Waals surface area contributed by atoms with Gasteiger partial charge in [-0.15, -0.1) is 0 Å². The first-order valence-electron chi connectivity index (χ1n) is 5.64. The van der Waals surface area contributed by atoms with E-state index in [9.17, 15) is 4.39 Å². The smallest absolute Gasteiger partial charge is 0.126 e. The number of halogens is 1. The van der Waals surface area contributed by atoms with E-state index in [-0.39, 0.29) is 5.82 Å². The molecule has 0 N–H and O–H groups in total. The Kier molecular flexibility index (Phi) is 3.24. The molecule has 0 radical (unpaired) electrons. The molecule has 0 aromatic heterocycles. The van der Waals surface area contributed by atoms with Crippen LogP contribution in [0.5, 0.6) is 5.75 Å². The van der Waals surface area contributed by atoms with Crippen molar-refractivity contribution in [2.45, 2.75) is 32.6 Å². The van der Waals surface area contributed by atoms with Crippen molar-refractivity contribution >= 4 is 0 Å². The van der Waals surface area contributed by atoms with Crippen LogP contribution in [0.4, 0.5) is 4.39 Å². The molecular weight excluding hydrogens is 191 g/mol. The zero-order chi connectivity index (χ0) is 10.7. The summed E-state index contributed by atoms with van der Waals surface area (Å²) in [5.41, 5.74) is 1.01. The van der Waals surface area contributed by atoms with Crippen LogP contribution in [0.25, 0.3) is 0 Å². The molecule has 1 saturated carbocycles. The van der Waals surface area contributed by atoms with Gasteiger partial charge in [0.05, 0.1) is 6.61 Å². The van der Waals surface area contributed by atoms with E-state index < -0.39 is 0 Å². The van der Waals surface area contributed by atoms with Crippen molar-refractivity contribution in [3.05, 3.63) is 29.6 Å². The summed E-state index contributed by atoms with van der Waals surface area (Å²) < 4.78 is 18.6. The second kappa shape index (κ2) is 4.65. The maximum Gasteiger partial charge on any atom is 0.126 e. The molecule has 0 saturated heterocycles. The lowest BCUT2D eigenvalue weighted by molar-refractivity contribution is 0.250. The molecular formula is C13H17FO. The van der Waals surface area contributed by atoms with Gasteiger partial charge in [0, 0.05) is 6.07 Å². The second-order valence-electron chi connectivity index (χ2n) is 4.37. The van der Waals surface area contributed by atoms with Crippen molar-refractivity contribution in [1.82, 2.24) is 0 Å². The van der Waals surface area contributed by atoms with E-state index >= 15 is 0 Å². The number of benzene rings is 1. The zero-order valence-corrected chi connectivity index (χ0v) is 9.13. The highest BCUT2D eigenvalue weighted by Crippen LogP contribution is 2.26. The Morgan fingerprint density at radius 1 is 1.33 bits per heavy atom. The minimum absolute atomic E-state index is 0.220. The normalized spacial score (nSPS) is 16.9. The summed E-state index contributed by atoms with van der Waals surface area (Å²) in [6.07, 6.45) is 5.15. The maximum absolute atomic E-state index is 13.0. The molecule has 0 unspecified atom stereocenters. The fourth-order valence-electron chi connectivity index (χ4n) is 2.11. The van der Waals surface area contributed by atoms with Crippen molar-refractivity contribution in [1.29, 1.82) is 0 Å². The van der Waals surface area contributed by atoms with Crippen molar-refractivity contribution < 1.29 is 9.13 Å². The molecule has 82 valence electrons. The molecule has 0 bridgehead atoms. The molecule has 2 heteroatoms. The first-order chi connectivity index (χ1) is 7.25. The van der Waals surface area contributed by atoms with E-state index in [0.717, 1.165) is 12.2 Å². The Labute approximate surface area is 90.3 Å². The van der Waals surface area contributed by atoms with Crippen molar-refractivity contribution in [2.75, 3.05) is 6.61 Å². The van der Waals surface area contributed by atoms with Crippen LogP contribution in [0.15, 0.2) is 18.2 Å². The Morgan fingerprint density at radius 2 is 2.07 bits per heavy atom. The minimum Gasteiger partial charge on any atom is -0.493 e. The third-order valence-electron chi connectivity index (χ3n) is 3.10. The summed E-state index contributed by atoms with van der Waals surface area (Å²) in [4.78, 5) is 0. The number of hydrogen-bond acceptors (Lipinski definition) is 1. The lowest BCUT2D eigenvalue weighted by Crippen LogP contribution is -2.08. The molecule has 1 aliphatic carbocycles. The van der Waals surface area contributed by atoms with E-state index in [2.05, 4.69) is 0 Å². The molecule has 1 aromatic rings. The molecule has 1 aromatic carbocycles. The van der Waals surface area contributed by atoms with Gasteiger partial charge in [0.25, 0.3) is 0 Å². The number of ether oxygens (including phenoxy) is 1. The van der Waals surface area contributed by atoms with Gasteiger partial charge in [-0.3, -0.25) is 0 Å². The number of hydrogen-bond donors (Lipinski definition) is 0. The standard InChI is InChI=1S/C13H17FO/c1-10-6-7-12(14)8-13(10)15-9-11-4-2-3-5-11/h6-8,11H,2-5,9H2,1H3. The summed E-state index contributed by atoms with van der Waals surface area (Å²) in [7, 11) is 0. The highest BCUT2D eigenvalue weighted by Gasteiger charge is 2.15. The molecule has 0 aliphatic heterocycles. The highest BCUT2D eigenvalue weighted by molar-refractivity contribution is 5.32. The lowest BCUT2D eigenvalue weighted by atomic mass is 10.1. The maximum atomic E-state index is 13.0. The summed E-state index contributed by atoms with van der Waals surface area (Å²) in [6.45, 7) is 2.69. The molecule has 0 heterocycles. The topological polar surface area (TPSA) is 9.23 Å².